The van der Waals surface area contributed by atoms with Gasteiger partial charge in [-0.15, -0.1) is 0 Å². The lowest BCUT2D eigenvalue weighted by Crippen LogP contribution is -2.47. The molecule has 0 fully saturated rings. The Hall–Kier alpha value is -2.45. The second kappa shape index (κ2) is 11.2. The highest BCUT2D eigenvalue weighted by atomic mass is 16.5. The van der Waals surface area contributed by atoms with Gasteiger partial charge in [0.1, 0.15) is 12.4 Å². The summed E-state index contributed by atoms with van der Waals surface area (Å²) in [7, 11) is 3.83. The number of ether oxygens (including phenoxy) is 1. The summed E-state index contributed by atoms with van der Waals surface area (Å²) in [6, 6.07) is 9.36. The maximum absolute atomic E-state index is 5.16. The molecule has 0 spiro atoms. The normalized spacial score (nSPS) is 16.6. The zero-order chi connectivity index (χ0) is 22.2. The molecule has 8 heteroatoms. The van der Waals surface area contributed by atoms with Crippen LogP contribution in [0.25, 0.3) is 0 Å². The van der Waals surface area contributed by atoms with Gasteiger partial charge in [0.05, 0.1) is 13.1 Å². The average molecular weight is 428 g/mol. The van der Waals surface area contributed by atoms with Gasteiger partial charge in [-0.2, -0.15) is 5.10 Å². The van der Waals surface area contributed by atoms with Crippen molar-refractivity contribution >= 4 is 5.96 Å². The van der Waals surface area contributed by atoms with Crippen LogP contribution in [0, 0.1) is 0 Å². The number of nitrogens with zero attached hydrogens (tertiary/aromatic N) is 5. The monoisotopic (exact) mass is 427 g/mol. The van der Waals surface area contributed by atoms with Gasteiger partial charge in [0.2, 0.25) is 0 Å². The number of fused-ring (bicyclic) bond motifs is 1. The Morgan fingerprint density at radius 3 is 2.81 bits per heavy atom. The standard InChI is InChI=1S/C23H37N7O/c1-6-24-23(25-13-18-9-7-8-10-19(18)14-29(4)17(2)3)26-20-11-12-22-27-21(16-31-5)28-30(22)15-20/h7-10,17,20H,6,11-16H2,1-5H3,(H2,24,25,26). The van der Waals surface area contributed by atoms with E-state index in [9.17, 15) is 0 Å². The van der Waals surface area contributed by atoms with Crippen LogP contribution in [0.2, 0.25) is 0 Å². The number of methoxy groups -OCH3 is 1. The third kappa shape index (κ3) is 6.51. The quantitative estimate of drug-likeness (QED) is 0.472. The number of benzene rings is 1. The second-order valence-electron chi connectivity index (χ2n) is 8.41. The SMILES string of the molecule is CCNC(=NCc1ccccc1CN(C)C(C)C)NC1CCc2nc(COC)nn2C1. The number of aromatic nitrogens is 3. The van der Waals surface area contributed by atoms with E-state index in [1.807, 2.05) is 4.68 Å². The smallest absolute Gasteiger partial charge is 0.191 e. The van der Waals surface area contributed by atoms with E-state index in [0.29, 0.717) is 19.2 Å². The maximum atomic E-state index is 5.16. The summed E-state index contributed by atoms with van der Waals surface area (Å²) in [4.78, 5) is 11.8. The van der Waals surface area contributed by atoms with Crippen molar-refractivity contribution in [2.24, 2.45) is 4.99 Å². The van der Waals surface area contributed by atoms with Crippen LogP contribution < -0.4 is 10.6 Å². The van der Waals surface area contributed by atoms with Gasteiger partial charge in [-0.25, -0.2) is 14.7 Å². The molecule has 0 saturated carbocycles. The molecule has 0 bridgehead atoms. The number of nitrogens with one attached hydrogen (secondary N) is 2. The fraction of sp³-hybridized carbons (Fsp3) is 0.609. The Bertz CT molecular complexity index is 861. The van der Waals surface area contributed by atoms with Crippen molar-refractivity contribution in [1.82, 2.24) is 30.3 Å². The Kier molecular flexibility index (Phi) is 8.43. The summed E-state index contributed by atoms with van der Waals surface area (Å²) in [5, 5.41) is 11.6. The minimum Gasteiger partial charge on any atom is -0.377 e. The molecule has 1 unspecified atom stereocenters. The molecule has 1 aliphatic rings. The van der Waals surface area contributed by atoms with Crippen LogP contribution in [0.3, 0.4) is 0 Å². The summed E-state index contributed by atoms with van der Waals surface area (Å²) < 4.78 is 7.16. The van der Waals surface area contributed by atoms with Crippen molar-refractivity contribution in [1.29, 1.82) is 0 Å². The largest absolute Gasteiger partial charge is 0.377 e. The molecule has 8 nitrogen and oxygen atoms in total. The number of rotatable bonds is 9. The van der Waals surface area contributed by atoms with Crippen molar-refractivity contribution in [2.45, 2.75) is 71.9 Å². The zero-order valence-electron chi connectivity index (χ0n) is 19.6. The topological polar surface area (TPSA) is 79.6 Å². The van der Waals surface area contributed by atoms with Crippen LogP contribution in [0.5, 0.6) is 0 Å². The van der Waals surface area contributed by atoms with E-state index in [1.54, 1.807) is 7.11 Å². The van der Waals surface area contributed by atoms with Gasteiger partial charge in [0, 0.05) is 38.7 Å². The average Bonchev–Trinajstić information content (AvgIpc) is 3.15. The van der Waals surface area contributed by atoms with Crippen molar-refractivity contribution in [3.63, 3.8) is 0 Å². The number of hydrogen-bond donors (Lipinski definition) is 2. The summed E-state index contributed by atoms with van der Waals surface area (Å²) >= 11 is 0. The van der Waals surface area contributed by atoms with E-state index in [0.717, 1.165) is 50.1 Å². The Morgan fingerprint density at radius 2 is 2.10 bits per heavy atom. The van der Waals surface area contributed by atoms with E-state index in [-0.39, 0.29) is 6.04 Å². The number of aliphatic imine (C=N–C) groups is 1. The zero-order valence-corrected chi connectivity index (χ0v) is 19.6. The van der Waals surface area contributed by atoms with E-state index < -0.39 is 0 Å². The van der Waals surface area contributed by atoms with Gasteiger partial charge in [0.25, 0.3) is 0 Å². The molecule has 1 aromatic carbocycles. The van der Waals surface area contributed by atoms with Crippen molar-refractivity contribution in [3.05, 3.63) is 47.0 Å². The first-order valence-corrected chi connectivity index (χ1v) is 11.2. The number of hydrogen-bond acceptors (Lipinski definition) is 5. The molecule has 0 radical (unpaired) electrons. The summed E-state index contributed by atoms with van der Waals surface area (Å²) in [5.41, 5.74) is 2.59. The van der Waals surface area contributed by atoms with Crippen LogP contribution in [0.15, 0.2) is 29.3 Å². The van der Waals surface area contributed by atoms with Crippen LogP contribution in [0.1, 0.15) is 50.0 Å². The van der Waals surface area contributed by atoms with Crippen molar-refractivity contribution in [3.8, 4) is 0 Å². The van der Waals surface area contributed by atoms with Crippen LogP contribution in [0.4, 0.5) is 0 Å². The lowest BCUT2D eigenvalue weighted by atomic mass is 10.1. The van der Waals surface area contributed by atoms with Crippen LogP contribution >= 0.6 is 0 Å². The van der Waals surface area contributed by atoms with Crippen molar-refractivity contribution in [2.75, 3.05) is 20.7 Å². The lowest BCUT2D eigenvalue weighted by Gasteiger charge is -2.25. The van der Waals surface area contributed by atoms with E-state index >= 15 is 0 Å². The molecule has 2 aromatic rings. The van der Waals surface area contributed by atoms with Gasteiger partial charge in [-0.05, 0) is 45.4 Å². The summed E-state index contributed by atoms with van der Waals surface area (Å²) in [6.07, 6.45) is 1.91. The molecule has 3 rings (SSSR count). The molecule has 0 saturated heterocycles. The predicted octanol–water partition coefficient (Wildman–Crippen LogP) is 2.33. The fourth-order valence-corrected chi connectivity index (χ4v) is 3.66. The van der Waals surface area contributed by atoms with Gasteiger partial charge < -0.3 is 15.4 Å². The Balaban J connectivity index is 1.66. The minimum absolute atomic E-state index is 0.268. The van der Waals surface area contributed by atoms with Gasteiger partial charge in [-0.1, -0.05) is 24.3 Å². The second-order valence-corrected chi connectivity index (χ2v) is 8.41. The third-order valence-corrected chi connectivity index (χ3v) is 5.69. The lowest BCUT2D eigenvalue weighted by molar-refractivity contribution is 0.177. The first-order chi connectivity index (χ1) is 15.0. The molecular formula is C23H37N7O. The van der Waals surface area contributed by atoms with E-state index in [1.165, 1.54) is 11.1 Å². The van der Waals surface area contributed by atoms with Crippen LogP contribution in [-0.4, -0.2) is 58.4 Å². The molecule has 31 heavy (non-hydrogen) atoms. The predicted molar refractivity (Wildman–Crippen MR) is 124 cm³/mol. The first-order valence-electron chi connectivity index (χ1n) is 11.2. The van der Waals surface area contributed by atoms with Gasteiger partial charge in [-0.3, -0.25) is 4.90 Å². The molecule has 2 heterocycles. The summed E-state index contributed by atoms with van der Waals surface area (Å²) in [6.45, 7) is 10.2. The molecule has 170 valence electrons. The highest BCUT2D eigenvalue weighted by Gasteiger charge is 2.22. The highest BCUT2D eigenvalue weighted by Crippen LogP contribution is 2.15. The Morgan fingerprint density at radius 1 is 1.32 bits per heavy atom. The first kappa shape index (κ1) is 23.2. The molecule has 1 atom stereocenters. The van der Waals surface area contributed by atoms with Crippen LogP contribution in [-0.2, 0) is 37.4 Å². The van der Waals surface area contributed by atoms with Gasteiger partial charge in [0.15, 0.2) is 11.8 Å². The summed E-state index contributed by atoms with van der Waals surface area (Å²) in [5.74, 6) is 2.64. The highest BCUT2D eigenvalue weighted by molar-refractivity contribution is 5.80. The maximum Gasteiger partial charge on any atom is 0.191 e. The molecule has 1 aromatic heterocycles. The fourth-order valence-electron chi connectivity index (χ4n) is 3.66. The molecule has 0 amide bonds. The van der Waals surface area contributed by atoms with Crippen molar-refractivity contribution < 1.29 is 4.74 Å². The Labute approximate surface area is 186 Å². The minimum atomic E-state index is 0.268. The molecule has 0 aliphatic carbocycles. The van der Waals surface area contributed by atoms with Gasteiger partial charge >= 0.3 is 0 Å². The van der Waals surface area contributed by atoms with E-state index in [4.69, 9.17) is 9.73 Å². The number of aryl methyl sites for hydroxylation is 1. The molecule has 2 N–H and O–H groups in total. The number of guanidine groups is 1. The van der Waals surface area contributed by atoms with E-state index in [2.05, 4.69) is 77.7 Å². The molecule has 1 aliphatic heterocycles. The third-order valence-electron chi connectivity index (χ3n) is 5.69. The molecular weight excluding hydrogens is 390 g/mol.